The summed E-state index contributed by atoms with van der Waals surface area (Å²) >= 11 is 0. The lowest BCUT2D eigenvalue weighted by Gasteiger charge is -2.08. The highest BCUT2D eigenvalue weighted by Crippen LogP contribution is 2.15. The molecule has 0 aliphatic rings. The van der Waals surface area contributed by atoms with Crippen molar-refractivity contribution in [3.8, 4) is 6.07 Å². The average molecular weight is 163 g/mol. The zero-order chi connectivity index (χ0) is 9.40. The summed E-state index contributed by atoms with van der Waals surface area (Å²) in [6.45, 7) is 11.2. The van der Waals surface area contributed by atoms with E-state index in [0.717, 1.165) is 12.8 Å². The van der Waals surface area contributed by atoms with Crippen LogP contribution in [0.5, 0.6) is 0 Å². The van der Waals surface area contributed by atoms with Gasteiger partial charge in [-0.05, 0) is 5.92 Å². The summed E-state index contributed by atoms with van der Waals surface area (Å²) in [5, 5.41) is 8.29. The molecular formula is C10H15N2. The van der Waals surface area contributed by atoms with E-state index in [1.165, 1.54) is 6.42 Å². The Morgan fingerprint density at radius 1 is 1.67 bits per heavy atom. The number of hydrogen-bond acceptors (Lipinski definition) is 1. The Kier molecular flexibility index (Phi) is 6.11. The lowest BCUT2D eigenvalue weighted by Crippen LogP contribution is -2.07. The van der Waals surface area contributed by atoms with Gasteiger partial charge in [0, 0.05) is 12.8 Å². The van der Waals surface area contributed by atoms with Gasteiger partial charge in [-0.15, -0.1) is 0 Å². The molecule has 12 heavy (non-hydrogen) atoms. The molecule has 0 aromatic carbocycles. The summed E-state index contributed by atoms with van der Waals surface area (Å²) in [5.74, 6) is 0.594. The number of hydrogen-bond donors (Lipinski definition) is 0. The van der Waals surface area contributed by atoms with Crippen LogP contribution < -0.4 is 0 Å². The molecule has 0 N–H and O–H groups in total. The van der Waals surface area contributed by atoms with Crippen molar-refractivity contribution in [2.24, 2.45) is 5.92 Å². The summed E-state index contributed by atoms with van der Waals surface area (Å²) in [4.78, 5) is 3.48. The standard InChI is InChI=1S/C10H15N2/c1-4-9(2)8-10(12-3)6-5-7-11/h5,9-10H,4,6,8H2,1-2H3/t9?,10-/m0/s1. The normalized spacial score (nSPS) is 14.3. The molecular weight excluding hydrogens is 148 g/mol. The van der Waals surface area contributed by atoms with Crippen molar-refractivity contribution in [2.45, 2.75) is 39.2 Å². The summed E-state index contributed by atoms with van der Waals surface area (Å²) in [6, 6.07) is 1.97. The third kappa shape index (κ3) is 4.74. The second kappa shape index (κ2) is 6.68. The van der Waals surface area contributed by atoms with Gasteiger partial charge in [-0.1, -0.05) is 20.3 Å². The van der Waals surface area contributed by atoms with Crippen LogP contribution in [0, 0.1) is 30.2 Å². The summed E-state index contributed by atoms with van der Waals surface area (Å²) in [7, 11) is 0. The minimum absolute atomic E-state index is 0.0135. The second-order valence-electron chi connectivity index (χ2n) is 3.10. The number of nitriles is 1. The van der Waals surface area contributed by atoms with E-state index in [2.05, 4.69) is 18.7 Å². The maximum Gasteiger partial charge on any atom is 0.225 e. The molecule has 0 aliphatic heterocycles. The topological polar surface area (TPSA) is 28.1 Å². The van der Waals surface area contributed by atoms with E-state index in [0.29, 0.717) is 12.3 Å². The number of nitrogens with zero attached hydrogens (tertiary/aromatic N) is 2. The van der Waals surface area contributed by atoms with Crippen LogP contribution in [-0.2, 0) is 0 Å². The minimum Gasteiger partial charge on any atom is -0.314 e. The molecule has 0 rings (SSSR count). The number of rotatable bonds is 5. The fourth-order valence-electron chi connectivity index (χ4n) is 1.02. The average Bonchev–Trinajstić information content (AvgIpc) is 2.11. The van der Waals surface area contributed by atoms with Crippen molar-refractivity contribution in [1.29, 1.82) is 5.26 Å². The molecule has 1 radical (unpaired) electrons. The predicted octanol–water partition coefficient (Wildman–Crippen LogP) is 2.83. The van der Waals surface area contributed by atoms with E-state index >= 15 is 0 Å². The molecule has 2 heteroatoms. The van der Waals surface area contributed by atoms with E-state index in [1.54, 1.807) is 0 Å². The first kappa shape index (κ1) is 11.0. The van der Waals surface area contributed by atoms with Crippen LogP contribution in [0.25, 0.3) is 4.85 Å². The van der Waals surface area contributed by atoms with Crippen molar-refractivity contribution in [3.63, 3.8) is 0 Å². The third-order valence-electron chi connectivity index (χ3n) is 2.04. The molecule has 0 saturated carbocycles. The van der Waals surface area contributed by atoms with Crippen LogP contribution in [0.15, 0.2) is 0 Å². The van der Waals surface area contributed by atoms with Gasteiger partial charge >= 0.3 is 0 Å². The molecule has 0 saturated heterocycles. The second-order valence-corrected chi connectivity index (χ2v) is 3.10. The molecule has 0 bridgehead atoms. The van der Waals surface area contributed by atoms with Gasteiger partial charge in [0.25, 0.3) is 0 Å². The van der Waals surface area contributed by atoms with E-state index in [1.807, 2.05) is 6.07 Å². The van der Waals surface area contributed by atoms with Gasteiger partial charge in [0.1, 0.15) is 0 Å². The summed E-state index contributed by atoms with van der Waals surface area (Å²) < 4.78 is 0. The van der Waals surface area contributed by atoms with E-state index in [4.69, 9.17) is 11.8 Å². The Bertz CT molecular complexity index is 185. The van der Waals surface area contributed by atoms with Crippen molar-refractivity contribution in [1.82, 2.24) is 0 Å². The summed E-state index contributed by atoms with van der Waals surface area (Å²) in [6.07, 6.45) is 4.16. The van der Waals surface area contributed by atoms with Crippen LogP contribution >= 0.6 is 0 Å². The van der Waals surface area contributed by atoms with E-state index < -0.39 is 0 Å². The molecule has 0 aromatic rings. The van der Waals surface area contributed by atoms with Gasteiger partial charge in [0.15, 0.2) is 0 Å². The highest BCUT2D eigenvalue weighted by Gasteiger charge is 2.15. The first-order valence-electron chi connectivity index (χ1n) is 4.32. The molecule has 0 heterocycles. The fraction of sp³-hybridized carbons (Fsp3) is 0.700. The first-order valence-corrected chi connectivity index (χ1v) is 4.32. The van der Waals surface area contributed by atoms with Gasteiger partial charge in [-0.25, -0.2) is 6.57 Å². The zero-order valence-electron chi connectivity index (χ0n) is 7.75. The minimum atomic E-state index is 0.0135. The van der Waals surface area contributed by atoms with Crippen LogP contribution in [0.4, 0.5) is 0 Å². The highest BCUT2D eigenvalue weighted by molar-refractivity contribution is 4.97. The van der Waals surface area contributed by atoms with Crippen LogP contribution in [0.1, 0.15) is 33.1 Å². The van der Waals surface area contributed by atoms with E-state index in [9.17, 15) is 0 Å². The van der Waals surface area contributed by atoms with Crippen molar-refractivity contribution in [2.75, 3.05) is 0 Å². The molecule has 65 valence electrons. The maximum atomic E-state index is 8.29. The molecule has 0 amide bonds. The molecule has 0 fully saturated rings. The summed E-state index contributed by atoms with van der Waals surface area (Å²) in [5.41, 5.74) is 0. The molecule has 0 spiro atoms. The lowest BCUT2D eigenvalue weighted by molar-refractivity contribution is 0.479. The Morgan fingerprint density at radius 2 is 2.33 bits per heavy atom. The van der Waals surface area contributed by atoms with Gasteiger partial charge in [0.2, 0.25) is 6.04 Å². The fourth-order valence-corrected chi connectivity index (χ4v) is 1.02. The van der Waals surface area contributed by atoms with Crippen molar-refractivity contribution >= 4 is 0 Å². The Labute approximate surface area is 75.0 Å². The molecule has 2 atom stereocenters. The predicted molar refractivity (Wildman–Crippen MR) is 49.0 cm³/mol. The molecule has 2 nitrogen and oxygen atoms in total. The SMILES string of the molecule is [C-]#[N+][C@@H](C[CH]C#N)CC(C)CC. The van der Waals surface area contributed by atoms with E-state index in [-0.39, 0.29) is 6.04 Å². The Morgan fingerprint density at radius 3 is 2.75 bits per heavy atom. The van der Waals surface area contributed by atoms with Gasteiger partial charge < -0.3 is 4.85 Å². The maximum absolute atomic E-state index is 8.29. The molecule has 1 unspecified atom stereocenters. The largest absolute Gasteiger partial charge is 0.314 e. The van der Waals surface area contributed by atoms with Gasteiger partial charge in [0.05, 0.1) is 12.5 Å². The monoisotopic (exact) mass is 163 g/mol. The highest BCUT2D eigenvalue weighted by atomic mass is 14.7. The zero-order valence-corrected chi connectivity index (χ0v) is 7.75. The lowest BCUT2D eigenvalue weighted by atomic mass is 9.97. The first-order chi connectivity index (χ1) is 5.74. The Hall–Kier alpha value is -1.02. The van der Waals surface area contributed by atoms with Gasteiger partial charge in [-0.2, -0.15) is 5.26 Å². The van der Waals surface area contributed by atoms with Crippen molar-refractivity contribution < 1.29 is 0 Å². The third-order valence-corrected chi connectivity index (χ3v) is 2.04. The van der Waals surface area contributed by atoms with Crippen LogP contribution in [-0.4, -0.2) is 6.04 Å². The molecule has 0 aromatic heterocycles. The Balaban J connectivity index is 3.70. The quantitative estimate of drug-likeness (QED) is 0.573. The van der Waals surface area contributed by atoms with Gasteiger partial charge in [-0.3, -0.25) is 0 Å². The van der Waals surface area contributed by atoms with Crippen LogP contribution in [0.2, 0.25) is 0 Å². The smallest absolute Gasteiger partial charge is 0.225 e. The molecule has 0 aliphatic carbocycles. The van der Waals surface area contributed by atoms with Crippen molar-refractivity contribution in [3.05, 3.63) is 17.8 Å². The van der Waals surface area contributed by atoms with Crippen LogP contribution in [0.3, 0.4) is 0 Å².